The van der Waals surface area contributed by atoms with Crippen molar-refractivity contribution in [2.75, 3.05) is 41.3 Å². The standard InChI is InChI=1S/C23H26FN5/c1-16-5-4-6-17(2)22(16)26-21-15-18(3)25-23(27-21)29-13-11-28(12-14-29)20-9-7-19(24)8-10-20/h4-10,15H,11-14H2,1-3H3,(H,25,26,27). The third kappa shape index (κ3) is 4.31. The summed E-state index contributed by atoms with van der Waals surface area (Å²) in [5.74, 6) is 1.35. The van der Waals surface area contributed by atoms with Gasteiger partial charge in [0.1, 0.15) is 11.6 Å². The molecule has 1 aliphatic rings. The Labute approximate surface area is 171 Å². The van der Waals surface area contributed by atoms with E-state index in [1.807, 2.05) is 25.1 Å². The molecular formula is C23H26FN5. The van der Waals surface area contributed by atoms with Crippen molar-refractivity contribution in [1.82, 2.24) is 9.97 Å². The van der Waals surface area contributed by atoms with Gasteiger partial charge in [-0.15, -0.1) is 0 Å². The van der Waals surface area contributed by atoms with Crippen molar-refractivity contribution in [3.8, 4) is 0 Å². The number of nitrogens with zero attached hydrogens (tertiary/aromatic N) is 4. The van der Waals surface area contributed by atoms with Crippen LogP contribution in [0.15, 0.2) is 48.5 Å². The third-order valence-electron chi connectivity index (χ3n) is 5.33. The van der Waals surface area contributed by atoms with Crippen LogP contribution in [0.25, 0.3) is 0 Å². The highest BCUT2D eigenvalue weighted by atomic mass is 19.1. The van der Waals surface area contributed by atoms with Gasteiger partial charge in [0.25, 0.3) is 0 Å². The van der Waals surface area contributed by atoms with Crippen molar-refractivity contribution >= 4 is 23.1 Å². The summed E-state index contributed by atoms with van der Waals surface area (Å²) >= 11 is 0. The van der Waals surface area contributed by atoms with Crippen molar-refractivity contribution in [2.24, 2.45) is 0 Å². The highest BCUT2D eigenvalue weighted by Gasteiger charge is 2.20. The Balaban J connectivity index is 1.49. The fourth-order valence-corrected chi connectivity index (χ4v) is 3.71. The maximum absolute atomic E-state index is 13.2. The van der Waals surface area contributed by atoms with Crippen LogP contribution in [0, 0.1) is 26.6 Å². The summed E-state index contributed by atoms with van der Waals surface area (Å²) in [5.41, 5.74) is 5.46. The van der Waals surface area contributed by atoms with Gasteiger partial charge >= 0.3 is 0 Å². The second-order valence-electron chi connectivity index (χ2n) is 7.54. The minimum Gasteiger partial charge on any atom is -0.368 e. The topological polar surface area (TPSA) is 44.3 Å². The third-order valence-corrected chi connectivity index (χ3v) is 5.33. The van der Waals surface area contributed by atoms with Gasteiger partial charge in [-0.05, 0) is 56.2 Å². The van der Waals surface area contributed by atoms with Gasteiger partial charge in [-0.3, -0.25) is 0 Å². The van der Waals surface area contributed by atoms with Gasteiger partial charge in [0.15, 0.2) is 0 Å². The molecule has 29 heavy (non-hydrogen) atoms. The number of aromatic nitrogens is 2. The number of halogens is 1. The van der Waals surface area contributed by atoms with E-state index in [2.05, 4.69) is 52.1 Å². The Bertz CT molecular complexity index is 974. The largest absolute Gasteiger partial charge is 0.368 e. The Kier molecular flexibility index (Phi) is 5.34. The molecule has 0 aliphatic carbocycles. The maximum Gasteiger partial charge on any atom is 0.227 e. The molecule has 150 valence electrons. The Hall–Kier alpha value is -3.15. The van der Waals surface area contributed by atoms with Crippen molar-refractivity contribution in [3.63, 3.8) is 0 Å². The zero-order valence-electron chi connectivity index (χ0n) is 17.1. The van der Waals surface area contributed by atoms with Gasteiger partial charge in [-0.1, -0.05) is 18.2 Å². The number of rotatable bonds is 4. The van der Waals surface area contributed by atoms with E-state index in [9.17, 15) is 4.39 Å². The number of para-hydroxylation sites is 1. The van der Waals surface area contributed by atoms with Crippen molar-refractivity contribution < 1.29 is 4.39 Å². The van der Waals surface area contributed by atoms with Crippen LogP contribution in [0.4, 0.5) is 27.5 Å². The smallest absolute Gasteiger partial charge is 0.227 e. The normalized spacial score (nSPS) is 14.2. The van der Waals surface area contributed by atoms with Gasteiger partial charge in [0.2, 0.25) is 5.95 Å². The monoisotopic (exact) mass is 391 g/mol. The van der Waals surface area contributed by atoms with Gasteiger partial charge < -0.3 is 15.1 Å². The minimum atomic E-state index is -0.204. The van der Waals surface area contributed by atoms with Crippen molar-refractivity contribution in [3.05, 3.63) is 71.2 Å². The molecule has 4 rings (SSSR count). The summed E-state index contributed by atoms with van der Waals surface area (Å²) in [7, 11) is 0. The van der Waals surface area contributed by atoms with Gasteiger partial charge in [0.05, 0.1) is 0 Å². The molecule has 2 heterocycles. The Morgan fingerprint density at radius 2 is 1.45 bits per heavy atom. The van der Waals surface area contributed by atoms with E-state index in [0.29, 0.717) is 0 Å². The van der Waals surface area contributed by atoms with Crippen LogP contribution in [0.1, 0.15) is 16.8 Å². The van der Waals surface area contributed by atoms with E-state index >= 15 is 0 Å². The molecule has 3 aromatic rings. The lowest BCUT2D eigenvalue weighted by atomic mass is 10.1. The van der Waals surface area contributed by atoms with E-state index in [0.717, 1.165) is 55.0 Å². The number of aryl methyl sites for hydroxylation is 3. The first kappa shape index (κ1) is 19.2. The van der Waals surface area contributed by atoms with Crippen molar-refractivity contribution in [2.45, 2.75) is 20.8 Å². The fraction of sp³-hybridized carbons (Fsp3) is 0.304. The first-order valence-corrected chi connectivity index (χ1v) is 9.94. The van der Waals surface area contributed by atoms with Crippen molar-refractivity contribution in [1.29, 1.82) is 0 Å². The van der Waals surface area contributed by atoms with E-state index < -0.39 is 0 Å². The number of nitrogens with one attached hydrogen (secondary N) is 1. The zero-order chi connectivity index (χ0) is 20.4. The number of hydrogen-bond donors (Lipinski definition) is 1. The predicted molar refractivity (Wildman–Crippen MR) is 117 cm³/mol. The lowest BCUT2D eigenvalue weighted by Gasteiger charge is -2.36. The lowest BCUT2D eigenvalue weighted by Crippen LogP contribution is -2.47. The van der Waals surface area contributed by atoms with Crippen LogP contribution in [0.2, 0.25) is 0 Å². The molecule has 0 amide bonds. The maximum atomic E-state index is 13.2. The summed E-state index contributed by atoms with van der Waals surface area (Å²) < 4.78 is 13.2. The molecule has 1 saturated heterocycles. The summed E-state index contributed by atoms with van der Waals surface area (Å²) in [6.45, 7) is 9.53. The number of anilines is 4. The minimum absolute atomic E-state index is 0.204. The second kappa shape index (κ2) is 8.07. The lowest BCUT2D eigenvalue weighted by molar-refractivity contribution is 0.623. The zero-order valence-corrected chi connectivity index (χ0v) is 17.1. The summed E-state index contributed by atoms with van der Waals surface area (Å²) in [6, 6.07) is 14.9. The van der Waals surface area contributed by atoms with Crippen LogP contribution in [0.5, 0.6) is 0 Å². The highest BCUT2D eigenvalue weighted by Crippen LogP contribution is 2.25. The van der Waals surface area contributed by atoms with Crippen LogP contribution >= 0.6 is 0 Å². The molecule has 2 aromatic carbocycles. The number of hydrogen-bond acceptors (Lipinski definition) is 5. The quantitative estimate of drug-likeness (QED) is 0.704. The number of piperazine rings is 1. The Morgan fingerprint density at radius 1 is 0.828 bits per heavy atom. The van der Waals surface area contributed by atoms with E-state index in [-0.39, 0.29) is 5.82 Å². The summed E-state index contributed by atoms with van der Waals surface area (Å²) in [4.78, 5) is 13.9. The van der Waals surface area contributed by atoms with Crippen LogP contribution in [0.3, 0.4) is 0 Å². The average molecular weight is 391 g/mol. The van der Waals surface area contributed by atoms with E-state index in [4.69, 9.17) is 4.98 Å². The predicted octanol–water partition coefficient (Wildman–Crippen LogP) is 4.61. The highest BCUT2D eigenvalue weighted by molar-refractivity contribution is 5.65. The SMILES string of the molecule is Cc1cc(Nc2c(C)cccc2C)nc(N2CCN(c3ccc(F)cc3)CC2)n1. The first-order valence-electron chi connectivity index (χ1n) is 9.94. The molecule has 0 unspecified atom stereocenters. The molecule has 0 atom stereocenters. The summed E-state index contributed by atoms with van der Waals surface area (Å²) in [6.07, 6.45) is 0. The molecule has 0 radical (unpaired) electrons. The van der Waals surface area contributed by atoms with Gasteiger partial charge in [-0.25, -0.2) is 9.37 Å². The molecular weight excluding hydrogens is 365 g/mol. The van der Waals surface area contributed by atoms with E-state index in [1.54, 1.807) is 0 Å². The number of benzene rings is 2. The Morgan fingerprint density at radius 3 is 2.10 bits per heavy atom. The molecule has 0 spiro atoms. The summed E-state index contributed by atoms with van der Waals surface area (Å²) in [5, 5.41) is 3.48. The molecule has 0 saturated carbocycles. The molecule has 5 nitrogen and oxygen atoms in total. The molecule has 1 aliphatic heterocycles. The van der Waals surface area contributed by atoms with Crippen LogP contribution < -0.4 is 15.1 Å². The molecule has 1 fully saturated rings. The van der Waals surface area contributed by atoms with Gasteiger partial charge in [0, 0.05) is 49.3 Å². The van der Waals surface area contributed by atoms with Gasteiger partial charge in [-0.2, -0.15) is 4.98 Å². The molecule has 6 heteroatoms. The second-order valence-corrected chi connectivity index (χ2v) is 7.54. The molecule has 1 aromatic heterocycles. The average Bonchev–Trinajstić information content (AvgIpc) is 2.71. The first-order chi connectivity index (χ1) is 14.0. The molecule has 1 N–H and O–H groups in total. The fourth-order valence-electron chi connectivity index (χ4n) is 3.71. The van der Waals surface area contributed by atoms with Crippen LogP contribution in [-0.2, 0) is 0 Å². The molecule has 0 bridgehead atoms. The van der Waals surface area contributed by atoms with E-state index in [1.165, 1.54) is 23.3 Å². The van der Waals surface area contributed by atoms with Crippen LogP contribution in [-0.4, -0.2) is 36.1 Å².